The van der Waals surface area contributed by atoms with E-state index in [1.54, 1.807) is 0 Å². The predicted molar refractivity (Wildman–Crippen MR) is 84.7 cm³/mol. The maximum atomic E-state index is 5.53. The van der Waals surface area contributed by atoms with Gasteiger partial charge < -0.3 is 15.0 Å². The third kappa shape index (κ3) is 3.73. The number of rotatable bonds is 5. The molecular formula is C16H26N4O. The first kappa shape index (κ1) is 14.8. The Morgan fingerprint density at radius 2 is 2.19 bits per heavy atom. The lowest BCUT2D eigenvalue weighted by Crippen LogP contribution is -2.52. The Balaban J connectivity index is 1.49. The maximum absolute atomic E-state index is 5.53. The van der Waals surface area contributed by atoms with Crippen LogP contribution in [0.3, 0.4) is 0 Å². The maximum Gasteiger partial charge on any atom is 0.128 e. The molecule has 21 heavy (non-hydrogen) atoms. The largest absolute Gasteiger partial charge is 0.381 e. The fraction of sp³-hybridized carbons (Fsp3) is 0.688. The molecule has 3 heterocycles. The molecule has 0 aliphatic carbocycles. The molecule has 5 heteroatoms. The number of anilines is 1. The molecule has 2 aliphatic rings. The van der Waals surface area contributed by atoms with E-state index in [-0.39, 0.29) is 0 Å². The highest BCUT2D eigenvalue weighted by atomic mass is 16.5. The van der Waals surface area contributed by atoms with E-state index < -0.39 is 0 Å². The Morgan fingerprint density at radius 3 is 2.81 bits per heavy atom. The fourth-order valence-electron chi connectivity index (χ4n) is 3.32. The van der Waals surface area contributed by atoms with Crippen molar-refractivity contribution in [1.29, 1.82) is 0 Å². The molecule has 2 fully saturated rings. The van der Waals surface area contributed by atoms with E-state index in [0.717, 1.165) is 51.8 Å². The molecule has 1 aromatic rings. The summed E-state index contributed by atoms with van der Waals surface area (Å²) in [7, 11) is 2.08. The van der Waals surface area contributed by atoms with Gasteiger partial charge in [0.1, 0.15) is 5.82 Å². The van der Waals surface area contributed by atoms with Gasteiger partial charge in [0.15, 0.2) is 0 Å². The van der Waals surface area contributed by atoms with Gasteiger partial charge in [-0.1, -0.05) is 6.07 Å². The number of hydrogen-bond acceptors (Lipinski definition) is 5. The predicted octanol–water partition coefficient (Wildman–Crippen LogP) is 0.828. The Bertz CT molecular complexity index is 414. The van der Waals surface area contributed by atoms with E-state index in [1.165, 1.54) is 6.42 Å². The van der Waals surface area contributed by atoms with Crippen LogP contribution in [0.2, 0.25) is 0 Å². The van der Waals surface area contributed by atoms with Crippen LogP contribution in [-0.2, 0) is 4.74 Å². The molecule has 0 spiro atoms. The van der Waals surface area contributed by atoms with E-state index in [0.29, 0.717) is 12.0 Å². The molecule has 1 aromatic heterocycles. The van der Waals surface area contributed by atoms with Crippen LogP contribution < -0.4 is 10.2 Å². The minimum Gasteiger partial charge on any atom is -0.381 e. The highest BCUT2D eigenvalue weighted by Gasteiger charge is 2.27. The average Bonchev–Trinajstić information content (AvgIpc) is 3.08. The minimum atomic E-state index is 0.550. The van der Waals surface area contributed by atoms with Crippen LogP contribution in [0.1, 0.15) is 6.42 Å². The van der Waals surface area contributed by atoms with Gasteiger partial charge in [0.2, 0.25) is 0 Å². The van der Waals surface area contributed by atoms with Gasteiger partial charge in [0.25, 0.3) is 0 Å². The van der Waals surface area contributed by atoms with Gasteiger partial charge in [-0.05, 0) is 25.6 Å². The molecule has 2 saturated heterocycles. The van der Waals surface area contributed by atoms with Crippen molar-refractivity contribution >= 4 is 5.82 Å². The Labute approximate surface area is 127 Å². The van der Waals surface area contributed by atoms with Gasteiger partial charge in [-0.15, -0.1) is 0 Å². The molecule has 0 aromatic carbocycles. The monoisotopic (exact) mass is 290 g/mol. The summed E-state index contributed by atoms with van der Waals surface area (Å²) in [5, 5.41) is 3.49. The van der Waals surface area contributed by atoms with Crippen LogP contribution in [0.15, 0.2) is 24.4 Å². The summed E-state index contributed by atoms with van der Waals surface area (Å²) in [6, 6.07) is 6.68. The number of piperazine rings is 1. The summed E-state index contributed by atoms with van der Waals surface area (Å²) in [5.74, 6) is 1.77. The summed E-state index contributed by atoms with van der Waals surface area (Å²) in [6.45, 7) is 7.32. The molecule has 2 atom stereocenters. The summed E-state index contributed by atoms with van der Waals surface area (Å²) < 4.78 is 5.53. The van der Waals surface area contributed by atoms with Gasteiger partial charge >= 0.3 is 0 Å². The van der Waals surface area contributed by atoms with Gasteiger partial charge in [0.05, 0.1) is 6.61 Å². The smallest absolute Gasteiger partial charge is 0.128 e. The summed E-state index contributed by atoms with van der Waals surface area (Å²) in [6.07, 6.45) is 3.07. The van der Waals surface area contributed by atoms with E-state index in [2.05, 4.69) is 39.3 Å². The van der Waals surface area contributed by atoms with Crippen molar-refractivity contribution in [2.24, 2.45) is 5.92 Å². The minimum absolute atomic E-state index is 0.550. The second-order valence-corrected chi connectivity index (χ2v) is 5.99. The van der Waals surface area contributed by atoms with Crippen molar-refractivity contribution in [3.63, 3.8) is 0 Å². The quantitative estimate of drug-likeness (QED) is 0.870. The molecule has 0 saturated carbocycles. The van der Waals surface area contributed by atoms with E-state index in [9.17, 15) is 0 Å². The Morgan fingerprint density at radius 1 is 1.33 bits per heavy atom. The van der Waals surface area contributed by atoms with E-state index in [1.807, 2.05) is 12.3 Å². The third-order valence-electron chi connectivity index (χ3n) is 4.71. The van der Waals surface area contributed by atoms with Crippen molar-refractivity contribution in [3.05, 3.63) is 24.4 Å². The second-order valence-electron chi connectivity index (χ2n) is 5.99. The second kappa shape index (κ2) is 7.20. The van der Waals surface area contributed by atoms with Crippen molar-refractivity contribution in [2.75, 3.05) is 57.9 Å². The van der Waals surface area contributed by atoms with Crippen LogP contribution in [-0.4, -0.2) is 68.9 Å². The van der Waals surface area contributed by atoms with Crippen molar-refractivity contribution in [3.8, 4) is 0 Å². The number of nitrogens with zero attached hydrogens (tertiary/aromatic N) is 3. The summed E-state index contributed by atoms with van der Waals surface area (Å²) >= 11 is 0. The number of ether oxygens (including phenoxy) is 1. The molecular weight excluding hydrogens is 264 g/mol. The van der Waals surface area contributed by atoms with E-state index >= 15 is 0 Å². The molecule has 0 bridgehead atoms. The fourth-order valence-corrected chi connectivity index (χ4v) is 3.32. The molecule has 2 aliphatic heterocycles. The number of hydrogen-bond donors (Lipinski definition) is 1. The zero-order valence-electron chi connectivity index (χ0n) is 12.9. The van der Waals surface area contributed by atoms with Gasteiger partial charge in [-0.2, -0.15) is 0 Å². The van der Waals surface area contributed by atoms with Crippen LogP contribution in [0.4, 0.5) is 5.82 Å². The first-order valence-electron chi connectivity index (χ1n) is 8.00. The third-order valence-corrected chi connectivity index (χ3v) is 4.71. The molecule has 2 unspecified atom stereocenters. The standard InChI is InChI=1S/C16H26N4O/c1-17-15(14-5-11-21-13-14)12-19-7-9-20(10-8-19)16-4-2-3-6-18-16/h2-4,6,14-15,17H,5,7-13H2,1H3. The average molecular weight is 290 g/mol. The van der Waals surface area contributed by atoms with Crippen LogP contribution in [0.5, 0.6) is 0 Å². The number of aromatic nitrogens is 1. The van der Waals surface area contributed by atoms with E-state index in [4.69, 9.17) is 4.74 Å². The molecule has 1 N–H and O–H groups in total. The number of pyridine rings is 1. The van der Waals surface area contributed by atoms with Gasteiger partial charge in [-0.25, -0.2) is 4.98 Å². The number of nitrogens with one attached hydrogen (secondary N) is 1. The zero-order valence-corrected chi connectivity index (χ0v) is 12.9. The van der Waals surface area contributed by atoms with Crippen LogP contribution >= 0.6 is 0 Å². The normalized spacial score (nSPS) is 25.2. The van der Waals surface area contributed by atoms with Crippen molar-refractivity contribution in [1.82, 2.24) is 15.2 Å². The van der Waals surface area contributed by atoms with Crippen molar-refractivity contribution < 1.29 is 4.74 Å². The first-order valence-corrected chi connectivity index (χ1v) is 8.00. The number of likely N-dealkylation sites (N-methyl/N-ethyl adjacent to an activating group) is 1. The highest BCUT2D eigenvalue weighted by Crippen LogP contribution is 2.19. The lowest BCUT2D eigenvalue weighted by molar-refractivity contribution is 0.160. The molecule has 0 radical (unpaired) electrons. The lowest BCUT2D eigenvalue weighted by atomic mass is 9.98. The zero-order chi connectivity index (χ0) is 14.5. The molecule has 0 amide bonds. The Kier molecular flexibility index (Phi) is 5.06. The topological polar surface area (TPSA) is 40.6 Å². The highest BCUT2D eigenvalue weighted by molar-refractivity contribution is 5.38. The molecule has 5 nitrogen and oxygen atoms in total. The SMILES string of the molecule is CNC(CN1CCN(c2ccccn2)CC1)C1CCOC1. The lowest BCUT2D eigenvalue weighted by Gasteiger charge is -2.37. The van der Waals surface area contributed by atoms with Gasteiger partial charge in [-0.3, -0.25) is 4.90 Å². The van der Waals surface area contributed by atoms with Crippen LogP contribution in [0, 0.1) is 5.92 Å². The van der Waals surface area contributed by atoms with Crippen molar-refractivity contribution in [2.45, 2.75) is 12.5 Å². The molecule has 116 valence electrons. The van der Waals surface area contributed by atoms with Gasteiger partial charge in [0, 0.05) is 57.5 Å². The Hall–Kier alpha value is -1.17. The first-order chi connectivity index (χ1) is 10.4. The summed E-state index contributed by atoms with van der Waals surface area (Å²) in [4.78, 5) is 9.39. The molecule has 3 rings (SSSR count). The van der Waals surface area contributed by atoms with Crippen LogP contribution in [0.25, 0.3) is 0 Å². The summed E-state index contributed by atoms with van der Waals surface area (Å²) in [5.41, 5.74) is 0.